The van der Waals surface area contributed by atoms with Crippen molar-refractivity contribution in [2.24, 2.45) is 0 Å². The van der Waals surface area contributed by atoms with Crippen LogP contribution in [0.1, 0.15) is 32.1 Å². The molecular formula is C12H21N3O5S. The SMILES string of the molecule is O=C(O)CC1C(=O)NCCN1S(=O)(=O)N1CCCCCC1. The fourth-order valence-electron chi connectivity index (χ4n) is 2.75. The van der Waals surface area contributed by atoms with E-state index in [1.807, 2.05) is 0 Å². The number of hydrogen-bond acceptors (Lipinski definition) is 4. The first-order chi connectivity index (χ1) is 9.93. The molecule has 0 aromatic rings. The molecule has 1 unspecified atom stereocenters. The third-order valence-corrected chi connectivity index (χ3v) is 5.88. The second-order valence-electron chi connectivity index (χ2n) is 5.34. The molecule has 0 saturated carbocycles. The fraction of sp³-hybridized carbons (Fsp3) is 0.833. The van der Waals surface area contributed by atoms with Crippen molar-refractivity contribution >= 4 is 22.1 Å². The van der Waals surface area contributed by atoms with Gasteiger partial charge in [0, 0.05) is 26.2 Å². The van der Waals surface area contributed by atoms with Gasteiger partial charge in [0.25, 0.3) is 10.2 Å². The minimum absolute atomic E-state index is 0.114. The van der Waals surface area contributed by atoms with Gasteiger partial charge in [-0.15, -0.1) is 0 Å². The van der Waals surface area contributed by atoms with Gasteiger partial charge in [-0.2, -0.15) is 17.0 Å². The molecule has 2 rings (SSSR count). The number of amides is 1. The Bertz CT molecular complexity index is 499. The summed E-state index contributed by atoms with van der Waals surface area (Å²) in [7, 11) is -3.79. The summed E-state index contributed by atoms with van der Waals surface area (Å²) in [5, 5.41) is 11.4. The van der Waals surface area contributed by atoms with E-state index in [1.165, 1.54) is 4.31 Å². The van der Waals surface area contributed by atoms with Crippen LogP contribution >= 0.6 is 0 Å². The minimum atomic E-state index is -3.79. The summed E-state index contributed by atoms with van der Waals surface area (Å²) in [6.07, 6.45) is 3.06. The van der Waals surface area contributed by atoms with Crippen LogP contribution in [0.4, 0.5) is 0 Å². The molecule has 2 aliphatic heterocycles. The lowest BCUT2D eigenvalue weighted by atomic mass is 10.1. The van der Waals surface area contributed by atoms with Gasteiger partial charge < -0.3 is 10.4 Å². The largest absolute Gasteiger partial charge is 0.481 e. The van der Waals surface area contributed by atoms with E-state index in [1.54, 1.807) is 0 Å². The van der Waals surface area contributed by atoms with Crippen LogP contribution in [0.3, 0.4) is 0 Å². The zero-order valence-electron chi connectivity index (χ0n) is 11.8. The van der Waals surface area contributed by atoms with Gasteiger partial charge in [-0.05, 0) is 12.8 Å². The average Bonchev–Trinajstić information content (AvgIpc) is 2.69. The molecule has 2 aliphatic rings. The Balaban J connectivity index is 2.22. The number of hydrogen-bond donors (Lipinski definition) is 2. The highest BCUT2D eigenvalue weighted by atomic mass is 32.2. The Labute approximate surface area is 124 Å². The number of piperazine rings is 1. The molecule has 2 saturated heterocycles. The zero-order chi connectivity index (χ0) is 15.5. The van der Waals surface area contributed by atoms with Crippen molar-refractivity contribution in [2.75, 3.05) is 26.2 Å². The van der Waals surface area contributed by atoms with Crippen LogP contribution in [-0.2, 0) is 19.8 Å². The molecule has 1 amide bonds. The van der Waals surface area contributed by atoms with Crippen molar-refractivity contribution in [1.29, 1.82) is 0 Å². The molecular weight excluding hydrogens is 298 g/mol. The Kier molecular flexibility index (Phi) is 5.17. The highest BCUT2D eigenvalue weighted by Crippen LogP contribution is 2.21. The van der Waals surface area contributed by atoms with E-state index in [0.29, 0.717) is 13.1 Å². The first kappa shape index (κ1) is 16.2. The number of rotatable bonds is 4. The monoisotopic (exact) mass is 319 g/mol. The summed E-state index contributed by atoms with van der Waals surface area (Å²) < 4.78 is 27.8. The topological polar surface area (TPSA) is 107 Å². The fourth-order valence-corrected chi connectivity index (χ4v) is 4.58. The predicted molar refractivity (Wildman–Crippen MR) is 74.7 cm³/mol. The van der Waals surface area contributed by atoms with Crippen LogP contribution in [0.15, 0.2) is 0 Å². The molecule has 0 aromatic carbocycles. The Morgan fingerprint density at radius 3 is 2.38 bits per heavy atom. The number of carbonyl (C=O) groups excluding carboxylic acids is 1. The quantitative estimate of drug-likeness (QED) is 0.718. The highest BCUT2D eigenvalue weighted by molar-refractivity contribution is 7.86. The van der Waals surface area contributed by atoms with Gasteiger partial charge in [-0.1, -0.05) is 12.8 Å². The maximum atomic E-state index is 12.7. The molecule has 0 aromatic heterocycles. The molecule has 2 N–H and O–H groups in total. The Morgan fingerprint density at radius 1 is 1.19 bits per heavy atom. The van der Waals surface area contributed by atoms with Crippen LogP contribution in [0, 0.1) is 0 Å². The molecule has 120 valence electrons. The van der Waals surface area contributed by atoms with Gasteiger partial charge >= 0.3 is 5.97 Å². The zero-order valence-corrected chi connectivity index (χ0v) is 12.6. The van der Waals surface area contributed by atoms with Crippen molar-refractivity contribution in [3.63, 3.8) is 0 Å². The summed E-state index contributed by atoms with van der Waals surface area (Å²) in [4.78, 5) is 22.7. The number of carboxylic acids is 1. The van der Waals surface area contributed by atoms with E-state index < -0.39 is 34.5 Å². The van der Waals surface area contributed by atoms with Crippen molar-refractivity contribution in [1.82, 2.24) is 13.9 Å². The predicted octanol–water partition coefficient (Wildman–Crippen LogP) is -0.618. The molecule has 2 heterocycles. The molecule has 0 radical (unpaired) electrons. The maximum Gasteiger partial charge on any atom is 0.305 e. The van der Waals surface area contributed by atoms with E-state index in [0.717, 1.165) is 30.0 Å². The maximum absolute atomic E-state index is 12.7. The third-order valence-electron chi connectivity index (χ3n) is 3.84. The molecule has 2 fully saturated rings. The number of carboxylic acid groups (broad SMARTS) is 1. The summed E-state index contributed by atoms with van der Waals surface area (Å²) >= 11 is 0. The van der Waals surface area contributed by atoms with Crippen molar-refractivity contribution in [2.45, 2.75) is 38.1 Å². The number of nitrogens with one attached hydrogen (secondary N) is 1. The second kappa shape index (κ2) is 6.71. The van der Waals surface area contributed by atoms with Gasteiger partial charge in [0.2, 0.25) is 5.91 Å². The van der Waals surface area contributed by atoms with Gasteiger partial charge in [0.05, 0.1) is 6.42 Å². The molecule has 8 nitrogen and oxygen atoms in total. The van der Waals surface area contributed by atoms with Gasteiger partial charge in [-0.3, -0.25) is 9.59 Å². The second-order valence-corrected chi connectivity index (χ2v) is 7.22. The highest BCUT2D eigenvalue weighted by Gasteiger charge is 2.41. The van der Waals surface area contributed by atoms with E-state index >= 15 is 0 Å². The molecule has 0 aliphatic carbocycles. The van der Waals surface area contributed by atoms with Gasteiger partial charge in [0.15, 0.2) is 0 Å². The van der Waals surface area contributed by atoms with Crippen LogP contribution in [0.2, 0.25) is 0 Å². The third kappa shape index (κ3) is 3.72. The van der Waals surface area contributed by atoms with Gasteiger partial charge in [-0.25, -0.2) is 0 Å². The average molecular weight is 319 g/mol. The number of aliphatic carboxylic acids is 1. The molecule has 9 heteroatoms. The molecule has 0 spiro atoms. The first-order valence-corrected chi connectivity index (χ1v) is 8.59. The summed E-state index contributed by atoms with van der Waals surface area (Å²) in [5.74, 6) is -1.73. The molecule has 1 atom stereocenters. The Hall–Kier alpha value is -1.19. The van der Waals surface area contributed by atoms with E-state index in [9.17, 15) is 18.0 Å². The molecule has 0 bridgehead atoms. The van der Waals surface area contributed by atoms with Crippen molar-refractivity contribution in [3.8, 4) is 0 Å². The number of carbonyl (C=O) groups is 2. The van der Waals surface area contributed by atoms with Crippen LogP contribution in [-0.4, -0.2) is 66.2 Å². The first-order valence-electron chi connectivity index (χ1n) is 7.19. The number of nitrogens with zero attached hydrogens (tertiary/aromatic N) is 2. The lowest BCUT2D eigenvalue weighted by Gasteiger charge is -2.36. The minimum Gasteiger partial charge on any atom is -0.481 e. The Morgan fingerprint density at radius 2 is 1.81 bits per heavy atom. The van der Waals surface area contributed by atoms with Crippen LogP contribution < -0.4 is 5.32 Å². The lowest BCUT2D eigenvalue weighted by Crippen LogP contribution is -2.60. The van der Waals surface area contributed by atoms with Crippen molar-refractivity contribution < 1.29 is 23.1 Å². The summed E-state index contributed by atoms with van der Waals surface area (Å²) in [5.41, 5.74) is 0. The van der Waals surface area contributed by atoms with E-state index in [2.05, 4.69) is 5.32 Å². The molecule has 21 heavy (non-hydrogen) atoms. The normalized spacial score (nSPS) is 26.1. The van der Waals surface area contributed by atoms with E-state index in [-0.39, 0.29) is 13.1 Å². The standard InChI is InChI=1S/C12H21N3O5S/c16-11(17)9-10-12(18)13-5-8-15(10)21(19,20)14-6-3-1-2-4-7-14/h10H,1-9H2,(H,13,18)(H,16,17). The van der Waals surface area contributed by atoms with Crippen molar-refractivity contribution in [3.05, 3.63) is 0 Å². The smallest absolute Gasteiger partial charge is 0.305 e. The lowest BCUT2D eigenvalue weighted by molar-refractivity contribution is -0.141. The van der Waals surface area contributed by atoms with Crippen LogP contribution in [0.5, 0.6) is 0 Å². The summed E-state index contributed by atoms with van der Waals surface area (Å²) in [6, 6.07) is -1.16. The summed E-state index contributed by atoms with van der Waals surface area (Å²) in [6.45, 7) is 1.19. The van der Waals surface area contributed by atoms with Gasteiger partial charge in [0.1, 0.15) is 6.04 Å². The van der Waals surface area contributed by atoms with Crippen LogP contribution in [0.25, 0.3) is 0 Å². The van der Waals surface area contributed by atoms with E-state index in [4.69, 9.17) is 5.11 Å².